The highest BCUT2D eigenvalue weighted by atomic mass is 79.9. The third kappa shape index (κ3) is 3.95. The molecule has 2 rings (SSSR count). The van der Waals surface area contributed by atoms with Crippen LogP contribution in [0.25, 0.3) is 0 Å². The number of ether oxygens (including phenoxy) is 1. The third-order valence-electron chi connectivity index (χ3n) is 3.56. The lowest BCUT2D eigenvalue weighted by atomic mass is 10.1. The summed E-state index contributed by atoms with van der Waals surface area (Å²) in [5, 5.41) is 9.21. The molecule has 4 nitrogen and oxygen atoms in total. The summed E-state index contributed by atoms with van der Waals surface area (Å²) in [6.07, 6.45) is 3.25. The number of hydrogen-bond donors (Lipinski definition) is 1. The van der Waals surface area contributed by atoms with E-state index in [4.69, 9.17) is 10.5 Å². The molecule has 5 heteroatoms. The molecule has 0 spiro atoms. The number of hydrogen-bond acceptors (Lipinski definition) is 4. The van der Waals surface area contributed by atoms with E-state index in [1.54, 1.807) is 0 Å². The molecule has 0 amide bonds. The number of rotatable bonds is 5. The standard InChI is InChI=1S/C15H20BrN3O/c16-13-3-2-12(11-18)15(10-13)19-7-4-14(5-8-19)20-9-1-6-17/h2-3,10,14H,1,4-9,17H2. The maximum atomic E-state index is 9.21. The first-order valence-corrected chi connectivity index (χ1v) is 7.80. The average molecular weight is 338 g/mol. The molecule has 20 heavy (non-hydrogen) atoms. The highest BCUT2D eigenvalue weighted by Gasteiger charge is 2.21. The Labute approximate surface area is 128 Å². The second-order valence-corrected chi connectivity index (χ2v) is 5.89. The van der Waals surface area contributed by atoms with Crippen molar-refractivity contribution in [3.63, 3.8) is 0 Å². The normalized spacial score (nSPS) is 16.1. The van der Waals surface area contributed by atoms with Crippen LogP contribution in [-0.2, 0) is 4.74 Å². The number of benzene rings is 1. The Morgan fingerprint density at radius 2 is 2.15 bits per heavy atom. The predicted molar refractivity (Wildman–Crippen MR) is 83.7 cm³/mol. The van der Waals surface area contributed by atoms with Gasteiger partial charge in [0.15, 0.2) is 0 Å². The summed E-state index contributed by atoms with van der Waals surface area (Å²) in [4.78, 5) is 2.27. The fourth-order valence-corrected chi connectivity index (χ4v) is 2.81. The Hall–Kier alpha value is -1.09. The smallest absolute Gasteiger partial charge is 0.101 e. The Bertz CT molecular complexity index is 478. The summed E-state index contributed by atoms with van der Waals surface area (Å²) < 4.78 is 6.81. The van der Waals surface area contributed by atoms with Gasteiger partial charge in [0, 0.05) is 24.2 Å². The van der Waals surface area contributed by atoms with Crippen molar-refractivity contribution in [1.82, 2.24) is 0 Å². The number of nitrogens with two attached hydrogens (primary N) is 1. The maximum Gasteiger partial charge on any atom is 0.101 e. The Kier molecular flexibility index (Phi) is 5.84. The predicted octanol–water partition coefficient (Wildman–Crippen LogP) is 2.65. The van der Waals surface area contributed by atoms with Gasteiger partial charge in [0.25, 0.3) is 0 Å². The summed E-state index contributed by atoms with van der Waals surface area (Å²) in [7, 11) is 0. The van der Waals surface area contributed by atoms with Crippen molar-refractivity contribution in [3.05, 3.63) is 28.2 Å². The molecule has 0 radical (unpaired) electrons. The molecule has 1 heterocycles. The second kappa shape index (κ2) is 7.63. The number of piperidine rings is 1. The number of nitriles is 1. The number of anilines is 1. The summed E-state index contributed by atoms with van der Waals surface area (Å²) in [6, 6.07) is 8.06. The SMILES string of the molecule is N#Cc1ccc(Br)cc1N1CCC(OCCCN)CC1. The first kappa shape index (κ1) is 15.3. The van der Waals surface area contributed by atoms with E-state index in [1.807, 2.05) is 18.2 Å². The number of nitrogens with zero attached hydrogens (tertiary/aromatic N) is 2. The molecule has 1 fully saturated rings. The van der Waals surface area contributed by atoms with Gasteiger partial charge < -0.3 is 15.4 Å². The zero-order valence-corrected chi connectivity index (χ0v) is 13.1. The van der Waals surface area contributed by atoms with Crippen LogP contribution in [0, 0.1) is 11.3 Å². The van der Waals surface area contributed by atoms with Crippen LogP contribution in [0.5, 0.6) is 0 Å². The van der Waals surface area contributed by atoms with E-state index in [9.17, 15) is 5.26 Å². The first-order chi connectivity index (χ1) is 9.74. The molecular weight excluding hydrogens is 318 g/mol. The molecule has 0 aliphatic carbocycles. The van der Waals surface area contributed by atoms with Crippen LogP contribution >= 0.6 is 15.9 Å². The maximum absolute atomic E-state index is 9.21. The van der Waals surface area contributed by atoms with Gasteiger partial charge >= 0.3 is 0 Å². The molecule has 108 valence electrons. The molecule has 2 N–H and O–H groups in total. The van der Waals surface area contributed by atoms with E-state index >= 15 is 0 Å². The molecule has 1 aromatic rings. The fourth-order valence-electron chi connectivity index (χ4n) is 2.46. The first-order valence-electron chi connectivity index (χ1n) is 7.01. The highest BCUT2D eigenvalue weighted by molar-refractivity contribution is 9.10. The van der Waals surface area contributed by atoms with E-state index < -0.39 is 0 Å². The zero-order chi connectivity index (χ0) is 14.4. The van der Waals surface area contributed by atoms with E-state index in [0.29, 0.717) is 12.6 Å². The lowest BCUT2D eigenvalue weighted by Gasteiger charge is -2.34. The van der Waals surface area contributed by atoms with Crippen molar-refractivity contribution in [2.75, 3.05) is 31.1 Å². The van der Waals surface area contributed by atoms with E-state index in [-0.39, 0.29) is 0 Å². The average Bonchev–Trinajstić information content (AvgIpc) is 2.48. The van der Waals surface area contributed by atoms with Crippen LogP contribution in [0.4, 0.5) is 5.69 Å². The zero-order valence-electron chi connectivity index (χ0n) is 11.5. The molecule has 0 unspecified atom stereocenters. The molecule has 1 aliphatic rings. The topological polar surface area (TPSA) is 62.3 Å². The van der Waals surface area contributed by atoms with Gasteiger partial charge in [-0.05, 0) is 44.0 Å². The molecule has 1 aromatic carbocycles. The molecule has 0 saturated carbocycles. The summed E-state index contributed by atoms with van der Waals surface area (Å²) in [5.74, 6) is 0. The van der Waals surface area contributed by atoms with Crippen molar-refractivity contribution in [3.8, 4) is 6.07 Å². The van der Waals surface area contributed by atoms with Crippen molar-refractivity contribution < 1.29 is 4.74 Å². The highest BCUT2D eigenvalue weighted by Crippen LogP contribution is 2.28. The van der Waals surface area contributed by atoms with Crippen LogP contribution in [0.3, 0.4) is 0 Å². The number of halogens is 1. The Morgan fingerprint density at radius 3 is 2.80 bits per heavy atom. The van der Waals surface area contributed by atoms with Crippen molar-refractivity contribution in [2.24, 2.45) is 5.73 Å². The summed E-state index contributed by atoms with van der Waals surface area (Å²) in [5.41, 5.74) is 7.21. The van der Waals surface area contributed by atoms with Crippen LogP contribution in [0.1, 0.15) is 24.8 Å². The van der Waals surface area contributed by atoms with E-state index in [1.165, 1.54) is 0 Å². The summed E-state index contributed by atoms with van der Waals surface area (Å²) >= 11 is 3.47. The minimum atomic E-state index is 0.329. The minimum Gasteiger partial charge on any atom is -0.378 e. The van der Waals surface area contributed by atoms with Gasteiger partial charge in [0.05, 0.1) is 17.4 Å². The quantitative estimate of drug-likeness (QED) is 0.839. The van der Waals surface area contributed by atoms with Crippen LogP contribution in [0.2, 0.25) is 0 Å². The molecule has 0 aromatic heterocycles. The monoisotopic (exact) mass is 337 g/mol. The molecule has 0 atom stereocenters. The Balaban J connectivity index is 1.94. The van der Waals surface area contributed by atoms with Crippen molar-refractivity contribution >= 4 is 21.6 Å². The minimum absolute atomic E-state index is 0.329. The van der Waals surface area contributed by atoms with Crippen LogP contribution < -0.4 is 10.6 Å². The molecular formula is C15H20BrN3O. The molecule has 1 saturated heterocycles. The Morgan fingerprint density at radius 1 is 1.40 bits per heavy atom. The third-order valence-corrected chi connectivity index (χ3v) is 4.06. The van der Waals surface area contributed by atoms with Crippen LogP contribution in [0.15, 0.2) is 22.7 Å². The van der Waals surface area contributed by atoms with E-state index in [0.717, 1.165) is 54.7 Å². The van der Waals surface area contributed by atoms with Crippen LogP contribution in [-0.4, -0.2) is 32.3 Å². The molecule has 0 bridgehead atoms. The van der Waals surface area contributed by atoms with Crippen molar-refractivity contribution in [1.29, 1.82) is 5.26 Å². The van der Waals surface area contributed by atoms with Gasteiger partial charge in [-0.2, -0.15) is 5.26 Å². The van der Waals surface area contributed by atoms with Gasteiger partial charge in [-0.3, -0.25) is 0 Å². The van der Waals surface area contributed by atoms with Crippen molar-refractivity contribution in [2.45, 2.75) is 25.4 Å². The lowest BCUT2D eigenvalue weighted by Crippen LogP contribution is -2.37. The fraction of sp³-hybridized carbons (Fsp3) is 0.533. The second-order valence-electron chi connectivity index (χ2n) is 4.97. The van der Waals surface area contributed by atoms with Gasteiger partial charge in [-0.15, -0.1) is 0 Å². The lowest BCUT2D eigenvalue weighted by molar-refractivity contribution is 0.0366. The largest absolute Gasteiger partial charge is 0.378 e. The van der Waals surface area contributed by atoms with E-state index in [2.05, 4.69) is 26.9 Å². The van der Waals surface area contributed by atoms with Gasteiger partial charge in [0.1, 0.15) is 6.07 Å². The molecule has 1 aliphatic heterocycles. The van der Waals surface area contributed by atoms with Gasteiger partial charge in [0.2, 0.25) is 0 Å². The summed E-state index contributed by atoms with van der Waals surface area (Å²) in [6.45, 7) is 3.29. The van der Waals surface area contributed by atoms with Gasteiger partial charge in [-0.1, -0.05) is 15.9 Å². The van der Waals surface area contributed by atoms with Gasteiger partial charge in [-0.25, -0.2) is 0 Å².